The molecule has 0 radical (unpaired) electrons. The van der Waals surface area contributed by atoms with Crippen LogP contribution in [0.4, 0.5) is 5.69 Å². The first kappa shape index (κ1) is 29.2. The zero-order valence-corrected chi connectivity index (χ0v) is 25.8. The van der Waals surface area contributed by atoms with Gasteiger partial charge in [0.05, 0.1) is 11.1 Å². The minimum atomic E-state index is -0.913. The van der Waals surface area contributed by atoms with E-state index >= 15 is 0 Å². The molecular weight excluding hydrogens is 524 g/mol. The number of hydrogen-bond acceptors (Lipinski definition) is 4. The highest BCUT2D eigenvalue weighted by Gasteiger charge is 2.39. The van der Waals surface area contributed by atoms with Gasteiger partial charge in [-0.15, -0.1) is 0 Å². The van der Waals surface area contributed by atoms with E-state index in [1.807, 2.05) is 25.2 Å². The Hall–Kier alpha value is -4.32. The fourth-order valence-corrected chi connectivity index (χ4v) is 7.06. The van der Waals surface area contributed by atoms with Gasteiger partial charge in [-0.05, 0) is 95.2 Å². The molecule has 2 aromatic rings. The fourth-order valence-electron chi connectivity index (χ4n) is 7.06. The second-order valence-electron chi connectivity index (χ2n) is 12.8. The molecule has 1 heterocycles. The van der Waals surface area contributed by atoms with Crippen LogP contribution < -0.4 is 4.90 Å². The summed E-state index contributed by atoms with van der Waals surface area (Å²) in [6.45, 7) is 10.7. The van der Waals surface area contributed by atoms with Crippen molar-refractivity contribution in [1.82, 2.24) is 4.90 Å². The first-order valence-electron chi connectivity index (χ1n) is 14.4. The van der Waals surface area contributed by atoms with Crippen molar-refractivity contribution in [2.45, 2.75) is 58.3 Å². The van der Waals surface area contributed by atoms with E-state index in [1.54, 1.807) is 18.2 Å². The number of nitrogens with zero attached hydrogens (tertiary/aromatic N) is 2. The monoisotopic (exact) mass is 564 g/mol. The second-order valence-corrected chi connectivity index (χ2v) is 12.8. The molecule has 0 unspecified atom stereocenters. The van der Waals surface area contributed by atoms with Gasteiger partial charge in [0.15, 0.2) is 0 Å². The summed E-state index contributed by atoms with van der Waals surface area (Å²) in [5, 5.41) is 19.1. The zero-order chi connectivity index (χ0) is 30.7. The lowest BCUT2D eigenvalue weighted by Gasteiger charge is -2.24. The molecular formula is C36H40N2O4. The summed E-state index contributed by atoms with van der Waals surface area (Å²) in [5.74, 6) is -1.82. The van der Waals surface area contributed by atoms with Gasteiger partial charge in [-0.25, -0.2) is 9.59 Å². The van der Waals surface area contributed by atoms with E-state index in [1.165, 1.54) is 28.0 Å². The molecule has 5 rings (SSSR count). The molecule has 0 fully saturated rings. The van der Waals surface area contributed by atoms with E-state index in [2.05, 4.69) is 82.8 Å². The maximum absolute atomic E-state index is 11.6. The highest BCUT2D eigenvalue weighted by atomic mass is 16.4. The number of fused-ring (bicyclic) bond motifs is 2. The molecule has 2 aromatic carbocycles. The topological polar surface area (TPSA) is 81.1 Å². The average molecular weight is 565 g/mol. The molecule has 0 amide bonds. The largest absolute Gasteiger partial charge is 0.478 e. The van der Waals surface area contributed by atoms with Crippen LogP contribution in [-0.2, 0) is 10.8 Å². The molecule has 42 heavy (non-hydrogen) atoms. The number of allylic oxidation sites excluding steroid dienone is 9. The summed E-state index contributed by atoms with van der Waals surface area (Å²) in [4.78, 5) is 27.6. The van der Waals surface area contributed by atoms with Crippen molar-refractivity contribution < 1.29 is 19.8 Å². The van der Waals surface area contributed by atoms with E-state index < -0.39 is 11.9 Å². The van der Waals surface area contributed by atoms with Crippen LogP contribution in [-0.4, -0.2) is 48.2 Å². The van der Waals surface area contributed by atoms with E-state index in [9.17, 15) is 19.8 Å². The number of benzene rings is 2. The van der Waals surface area contributed by atoms with Crippen molar-refractivity contribution in [2.24, 2.45) is 0 Å². The Kier molecular flexibility index (Phi) is 7.08. The molecule has 2 aliphatic carbocycles. The van der Waals surface area contributed by atoms with Gasteiger partial charge in [0.1, 0.15) is 0 Å². The number of hydrogen-bond donors (Lipinski definition) is 2. The molecule has 2 N–H and O–H groups in total. The first-order valence-corrected chi connectivity index (χ1v) is 14.4. The van der Waals surface area contributed by atoms with Crippen LogP contribution in [0.3, 0.4) is 0 Å². The Balaban J connectivity index is 1.48. The number of likely N-dealkylation sites (N-methyl/N-ethyl adjacent to an activating group) is 2. The number of carbonyl (C=O) groups is 2. The maximum atomic E-state index is 11.6. The van der Waals surface area contributed by atoms with Gasteiger partial charge in [0.2, 0.25) is 0 Å². The van der Waals surface area contributed by atoms with Crippen molar-refractivity contribution in [3.63, 3.8) is 0 Å². The van der Waals surface area contributed by atoms with E-state index in [0.29, 0.717) is 11.1 Å². The third kappa shape index (κ3) is 4.59. The third-order valence-corrected chi connectivity index (χ3v) is 9.31. The van der Waals surface area contributed by atoms with E-state index in [0.717, 1.165) is 40.9 Å². The summed E-state index contributed by atoms with van der Waals surface area (Å²) in [6.07, 6.45) is 10.7. The summed E-state index contributed by atoms with van der Waals surface area (Å²) in [5.41, 5.74) is 11.5. The minimum Gasteiger partial charge on any atom is -0.478 e. The number of carboxylic acids is 2. The zero-order valence-electron chi connectivity index (χ0n) is 25.8. The molecule has 1 aliphatic heterocycles. The van der Waals surface area contributed by atoms with Crippen LogP contribution in [0.5, 0.6) is 0 Å². The molecule has 6 nitrogen and oxygen atoms in total. The number of carboxylic acid groups (broad SMARTS) is 2. The molecule has 0 saturated heterocycles. The Morgan fingerprint density at radius 2 is 1.48 bits per heavy atom. The maximum Gasteiger partial charge on any atom is 0.335 e. The highest BCUT2D eigenvalue weighted by molar-refractivity contribution is 5.91. The van der Waals surface area contributed by atoms with Crippen LogP contribution in [0.25, 0.3) is 5.57 Å². The average Bonchev–Trinajstić information content (AvgIpc) is 3.48. The van der Waals surface area contributed by atoms with Crippen LogP contribution in [0.15, 0.2) is 88.8 Å². The number of rotatable bonds is 6. The molecule has 6 heteroatoms. The number of aromatic carboxylic acids is 2. The fraction of sp³-hybridized carbons (Fsp3) is 0.333. The Morgan fingerprint density at radius 3 is 2.10 bits per heavy atom. The van der Waals surface area contributed by atoms with E-state index in [4.69, 9.17) is 0 Å². The lowest BCUT2D eigenvalue weighted by Crippen LogP contribution is -2.22. The second kappa shape index (κ2) is 10.2. The SMILES string of the molecule is CC1=C(/C=C/C2=C(N(C)C)C(=C/C=C3/N(C)c4ccc(C(=O)O)cc4C3(C)C)/CC2)C(C)(C)c2cc(C(=O)O)ccc21. The highest BCUT2D eigenvalue weighted by Crippen LogP contribution is 2.49. The summed E-state index contributed by atoms with van der Waals surface area (Å²) >= 11 is 0. The van der Waals surface area contributed by atoms with Crippen LogP contribution in [0.1, 0.15) is 84.9 Å². The van der Waals surface area contributed by atoms with Gasteiger partial charge in [-0.3, -0.25) is 0 Å². The lowest BCUT2D eigenvalue weighted by molar-refractivity contribution is 0.0686. The minimum absolute atomic E-state index is 0.296. The molecule has 0 bridgehead atoms. The van der Waals surface area contributed by atoms with Crippen LogP contribution >= 0.6 is 0 Å². The molecule has 218 valence electrons. The predicted octanol–water partition coefficient (Wildman–Crippen LogP) is 7.55. The smallest absolute Gasteiger partial charge is 0.335 e. The van der Waals surface area contributed by atoms with Crippen molar-refractivity contribution >= 4 is 23.2 Å². The van der Waals surface area contributed by atoms with Crippen molar-refractivity contribution in [1.29, 1.82) is 0 Å². The molecule has 0 aromatic heterocycles. The van der Waals surface area contributed by atoms with Crippen LogP contribution in [0, 0.1) is 0 Å². The normalized spacial score (nSPS) is 20.7. The first-order chi connectivity index (χ1) is 19.7. The van der Waals surface area contributed by atoms with Gasteiger partial charge in [-0.1, -0.05) is 52.0 Å². The van der Waals surface area contributed by atoms with Crippen molar-refractivity contribution in [2.75, 3.05) is 26.0 Å². The number of anilines is 1. The Bertz CT molecular complexity index is 1680. The molecule has 0 spiro atoms. The molecule has 0 atom stereocenters. The van der Waals surface area contributed by atoms with Crippen LogP contribution in [0.2, 0.25) is 0 Å². The van der Waals surface area contributed by atoms with Gasteiger partial charge < -0.3 is 20.0 Å². The van der Waals surface area contributed by atoms with Gasteiger partial charge in [0, 0.05) is 49.1 Å². The molecule has 0 saturated carbocycles. The van der Waals surface area contributed by atoms with Crippen molar-refractivity contribution in [3.05, 3.63) is 117 Å². The quantitative estimate of drug-likeness (QED) is 0.377. The Morgan fingerprint density at radius 1 is 0.857 bits per heavy atom. The summed E-state index contributed by atoms with van der Waals surface area (Å²) in [6, 6.07) is 10.8. The van der Waals surface area contributed by atoms with E-state index in [-0.39, 0.29) is 10.8 Å². The summed E-state index contributed by atoms with van der Waals surface area (Å²) in [7, 11) is 6.20. The Labute approximate surface area is 248 Å². The predicted molar refractivity (Wildman–Crippen MR) is 169 cm³/mol. The van der Waals surface area contributed by atoms with Gasteiger partial charge in [-0.2, -0.15) is 0 Å². The van der Waals surface area contributed by atoms with Crippen molar-refractivity contribution in [3.8, 4) is 0 Å². The lowest BCUT2D eigenvalue weighted by atomic mass is 9.80. The standard InChI is InChI=1S/C36H40N2O4/c1-21-26-15-11-24(33(39)40)19-28(26)35(2,3)27(21)16-12-22-9-10-23(32(22)37(6)7)14-18-31-36(4,5)29-20-25(34(41)42)13-17-30(29)38(31)8/h11-20H,9-10H2,1-8H3,(H,39,40)(H,41,42)/b16-12+,23-14+,31-18+. The van der Waals surface area contributed by atoms with Gasteiger partial charge in [0.25, 0.3) is 0 Å². The van der Waals surface area contributed by atoms with Gasteiger partial charge >= 0.3 is 11.9 Å². The molecule has 3 aliphatic rings. The third-order valence-electron chi connectivity index (χ3n) is 9.31. The summed E-state index contributed by atoms with van der Waals surface area (Å²) < 4.78 is 0.